The van der Waals surface area contributed by atoms with Crippen LogP contribution in [0.25, 0.3) is 11.0 Å². The lowest BCUT2D eigenvalue weighted by molar-refractivity contribution is -0.140. The van der Waals surface area contributed by atoms with E-state index in [2.05, 4.69) is 9.72 Å². The third kappa shape index (κ3) is 2.87. The largest absolute Gasteiger partial charge is 0.469 e. The minimum absolute atomic E-state index is 0.0270. The van der Waals surface area contributed by atoms with E-state index >= 15 is 0 Å². The number of Topliss-reactive ketones (excluding diaryl/α,β-unsaturated/α-hetero) is 1. The lowest BCUT2D eigenvalue weighted by Gasteiger charge is -2.02. The molecule has 106 valence electrons. The van der Waals surface area contributed by atoms with Crippen molar-refractivity contribution in [2.75, 3.05) is 7.11 Å². The van der Waals surface area contributed by atoms with Crippen LogP contribution in [0.3, 0.4) is 0 Å². The van der Waals surface area contributed by atoms with Crippen molar-refractivity contribution in [3.8, 4) is 0 Å². The van der Waals surface area contributed by atoms with Crippen molar-refractivity contribution in [2.45, 2.75) is 26.2 Å². The summed E-state index contributed by atoms with van der Waals surface area (Å²) < 4.78 is 6.54. The van der Waals surface area contributed by atoms with Gasteiger partial charge in [-0.2, -0.15) is 0 Å². The van der Waals surface area contributed by atoms with Crippen molar-refractivity contribution in [3.63, 3.8) is 0 Å². The number of carbonyl (C=O) groups is 2. The molecule has 0 atom stereocenters. The Bertz CT molecular complexity index is 658. The van der Waals surface area contributed by atoms with Crippen molar-refractivity contribution in [2.24, 2.45) is 7.05 Å². The number of nitrogens with zero attached hydrogens (tertiary/aromatic N) is 2. The fourth-order valence-corrected chi connectivity index (χ4v) is 2.13. The molecule has 0 aliphatic heterocycles. The maximum Gasteiger partial charge on any atom is 0.305 e. The van der Waals surface area contributed by atoms with Crippen LogP contribution in [0, 0.1) is 6.92 Å². The highest BCUT2D eigenvalue weighted by Crippen LogP contribution is 2.18. The average molecular weight is 274 g/mol. The van der Waals surface area contributed by atoms with E-state index in [-0.39, 0.29) is 18.2 Å². The fraction of sp³-hybridized carbons (Fsp3) is 0.400. The number of hydrogen-bond donors (Lipinski definition) is 0. The van der Waals surface area contributed by atoms with Gasteiger partial charge < -0.3 is 9.30 Å². The monoisotopic (exact) mass is 274 g/mol. The summed E-state index contributed by atoms with van der Waals surface area (Å²) in [6.07, 6.45) is 1.12. The number of ether oxygens (including phenoxy) is 1. The van der Waals surface area contributed by atoms with Gasteiger partial charge in [0.25, 0.3) is 0 Å². The lowest BCUT2D eigenvalue weighted by Crippen LogP contribution is -2.03. The number of aryl methyl sites for hydroxylation is 2. The van der Waals surface area contributed by atoms with Crippen LogP contribution in [0.1, 0.15) is 35.4 Å². The molecule has 0 N–H and O–H groups in total. The van der Waals surface area contributed by atoms with Gasteiger partial charge in [0.05, 0.1) is 18.1 Å². The first-order valence-electron chi connectivity index (χ1n) is 6.56. The van der Waals surface area contributed by atoms with Crippen molar-refractivity contribution >= 4 is 22.8 Å². The number of hydrogen-bond acceptors (Lipinski definition) is 4. The summed E-state index contributed by atoms with van der Waals surface area (Å²) in [5.74, 6) is 0.656. The molecule has 0 fully saturated rings. The smallest absolute Gasteiger partial charge is 0.305 e. The molecule has 2 rings (SSSR count). The number of esters is 1. The first-order valence-corrected chi connectivity index (χ1v) is 6.56. The highest BCUT2D eigenvalue weighted by molar-refractivity contribution is 5.99. The molecule has 0 spiro atoms. The van der Waals surface area contributed by atoms with Gasteiger partial charge in [-0.3, -0.25) is 9.59 Å². The molecule has 2 aromatic rings. The van der Waals surface area contributed by atoms with Crippen LogP contribution in [0.5, 0.6) is 0 Å². The molecule has 0 bridgehead atoms. The third-order valence-electron chi connectivity index (χ3n) is 3.44. The zero-order chi connectivity index (χ0) is 14.7. The molecule has 0 unspecified atom stereocenters. The Labute approximate surface area is 117 Å². The Morgan fingerprint density at radius 1 is 1.30 bits per heavy atom. The van der Waals surface area contributed by atoms with Gasteiger partial charge in [-0.15, -0.1) is 0 Å². The summed E-state index contributed by atoms with van der Waals surface area (Å²) in [6, 6.07) is 5.52. The number of carbonyl (C=O) groups excluding carboxylic acids is 2. The number of aromatic nitrogens is 2. The highest BCUT2D eigenvalue weighted by atomic mass is 16.5. The lowest BCUT2D eigenvalue weighted by atomic mass is 10.0. The van der Waals surface area contributed by atoms with Gasteiger partial charge in [0.2, 0.25) is 0 Å². The second-order valence-electron chi connectivity index (χ2n) is 4.77. The fourth-order valence-electron chi connectivity index (χ4n) is 2.13. The van der Waals surface area contributed by atoms with Crippen LogP contribution >= 0.6 is 0 Å². The maximum absolute atomic E-state index is 12.1. The molecule has 1 aromatic carbocycles. The van der Waals surface area contributed by atoms with Crippen molar-refractivity contribution in [3.05, 3.63) is 29.6 Å². The first-order chi connectivity index (χ1) is 9.52. The summed E-state index contributed by atoms with van der Waals surface area (Å²) in [4.78, 5) is 27.5. The zero-order valence-electron chi connectivity index (χ0n) is 12.0. The second kappa shape index (κ2) is 5.86. The SMILES string of the molecule is COC(=O)CCCC(=O)c1ccc2c(c1)nc(C)n2C. The second-order valence-corrected chi connectivity index (χ2v) is 4.77. The zero-order valence-corrected chi connectivity index (χ0v) is 12.0. The summed E-state index contributed by atoms with van der Waals surface area (Å²) in [5, 5.41) is 0. The van der Waals surface area contributed by atoms with Gasteiger partial charge in [-0.25, -0.2) is 4.98 Å². The van der Waals surface area contributed by atoms with Crippen LogP contribution in [0.4, 0.5) is 0 Å². The number of methoxy groups -OCH3 is 1. The van der Waals surface area contributed by atoms with Gasteiger partial charge in [-0.05, 0) is 31.5 Å². The van der Waals surface area contributed by atoms with Crippen molar-refractivity contribution in [1.29, 1.82) is 0 Å². The van der Waals surface area contributed by atoms with Crippen LogP contribution < -0.4 is 0 Å². The van der Waals surface area contributed by atoms with Gasteiger partial charge >= 0.3 is 5.97 Å². The van der Waals surface area contributed by atoms with E-state index in [1.54, 1.807) is 0 Å². The normalized spacial score (nSPS) is 10.8. The van der Waals surface area contributed by atoms with Crippen molar-refractivity contribution in [1.82, 2.24) is 9.55 Å². The summed E-state index contributed by atoms with van der Waals surface area (Å²) in [6.45, 7) is 1.93. The number of ketones is 1. The third-order valence-corrected chi connectivity index (χ3v) is 3.44. The Balaban J connectivity index is 2.09. The molecule has 0 radical (unpaired) electrons. The standard InChI is InChI=1S/C15H18N2O3/c1-10-16-12-9-11(7-8-13(12)17(10)2)14(18)5-4-6-15(19)20-3/h7-9H,4-6H2,1-3H3. The Kier molecular flexibility index (Phi) is 4.17. The number of benzene rings is 1. The molecule has 0 saturated heterocycles. The first kappa shape index (κ1) is 14.2. The van der Waals surface area contributed by atoms with Gasteiger partial charge in [-0.1, -0.05) is 0 Å². The number of imidazole rings is 1. The topological polar surface area (TPSA) is 61.2 Å². The van der Waals surface area contributed by atoms with E-state index in [0.29, 0.717) is 18.4 Å². The molecule has 0 aliphatic rings. The minimum atomic E-state index is -0.284. The Morgan fingerprint density at radius 3 is 2.75 bits per heavy atom. The molecular weight excluding hydrogens is 256 g/mol. The van der Waals surface area contributed by atoms with E-state index < -0.39 is 0 Å². The molecule has 0 amide bonds. The molecule has 1 heterocycles. The molecule has 0 saturated carbocycles. The van der Waals surface area contributed by atoms with Crippen LogP contribution in [0.2, 0.25) is 0 Å². The van der Waals surface area contributed by atoms with E-state index in [4.69, 9.17) is 0 Å². The highest BCUT2D eigenvalue weighted by Gasteiger charge is 2.11. The summed E-state index contributed by atoms with van der Waals surface area (Å²) in [5.41, 5.74) is 2.47. The molecule has 5 nitrogen and oxygen atoms in total. The van der Waals surface area contributed by atoms with E-state index in [9.17, 15) is 9.59 Å². The average Bonchev–Trinajstić information content (AvgIpc) is 2.73. The summed E-state index contributed by atoms with van der Waals surface area (Å²) in [7, 11) is 3.30. The van der Waals surface area contributed by atoms with Crippen LogP contribution in [-0.4, -0.2) is 28.4 Å². The van der Waals surface area contributed by atoms with E-state index in [1.165, 1.54) is 7.11 Å². The minimum Gasteiger partial charge on any atom is -0.469 e. The maximum atomic E-state index is 12.1. The van der Waals surface area contributed by atoms with Gasteiger partial charge in [0.1, 0.15) is 5.82 Å². The molecule has 20 heavy (non-hydrogen) atoms. The Hall–Kier alpha value is -2.17. The van der Waals surface area contributed by atoms with Crippen molar-refractivity contribution < 1.29 is 14.3 Å². The molecule has 5 heteroatoms. The van der Waals surface area contributed by atoms with E-state index in [1.807, 2.05) is 36.7 Å². The number of fused-ring (bicyclic) bond motifs is 1. The molecule has 1 aromatic heterocycles. The molecule has 0 aliphatic carbocycles. The molecular formula is C15H18N2O3. The van der Waals surface area contributed by atoms with Crippen LogP contribution in [0.15, 0.2) is 18.2 Å². The summed E-state index contributed by atoms with van der Waals surface area (Å²) >= 11 is 0. The van der Waals surface area contributed by atoms with Gasteiger partial charge in [0.15, 0.2) is 5.78 Å². The quantitative estimate of drug-likeness (QED) is 0.620. The Morgan fingerprint density at radius 2 is 2.05 bits per heavy atom. The van der Waals surface area contributed by atoms with Gasteiger partial charge in [0, 0.05) is 25.5 Å². The van der Waals surface area contributed by atoms with E-state index in [0.717, 1.165) is 16.9 Å². The van der Waals surface area contributed by atoms with Crippen LogP contribution in [-0.2, 0) is 16.6 Å². The predicted molar refractivity (Wildman–Crippen MR) is 75.6 cm³/mol. The number of rotatable bonds is 5. The predicted octanol–water partition coefficient (Wildman–Crippen LogP) is 2.41.